The van der Waals surface area contributed by atoms with E-state index in [1.54, 1.807) is 0 Å². The molecule has 0 atom stereocenters. The van der Waals surface area contributed by atoms with Crippen molar-refractivity contribution in [3.63, 3.8) is 0 Å². The third kappa shape index (κ3) is 3.44. The van der Waals surface area contributed by atoms with Crippen LogP contribution in [-0.4, -0.2) is 5.78 Å². The summed E-state index contributed by atoms with van der Waals surface area (Å²) in [6.07, 6.45) is 2.61. The Morgan fingerprint density at radius 1 is 1.50 bits per heavy atom. The van der Waals surface area contributed by atoms with E-state index in [9.17, 15) is 4.79 Å². The summed E-state index contributed by atoms with van der Waals surface area (Å²) in [7, 11) is 0. The molecule has 0 aliphatic carbocycles. The van der Waals surface area contributed by atoms with Gasteiger partial charge >= 0.3 is 0 Å². The lowest BCUT2D eigenvalue weighted by atomic mass is 10.0. The molecular formula is C9H16O. The first-order valence-electron chi connectivity index (χ1n) is 3.72. The highest BCUT2D eigenvalue weighted by Gasteiger charge is 2.06. The Morgan fingerprint density at radius 2 is 2.00 bits per heavy atom. The lowest BCUT2D eigenvalue weighted by Crippen LogP contribution is -2.06. The van der Waals surface area contributed by atoms with Gasteiger partial charge in [-0.15, -0.1) is 0 Å². The normalized spacial score (nSPS) is 12.3. The maximum atomic E-state index is 11.1. The Bertz CT molecular complexity index is 143. The van der Waals surface area contributed by atoms with Crippen LogP contribution in [0.25, 0.3) is 0 Å². The summed E-state index contributed by atoms with van der Waals surface area (Å²) in [6.45, 7) is 7.82. The fourth-order valence-electron chi connectivity index (χ4n) is 0.581. The Balaban J connectivity index is 3.81. The van der Waals surface area contributed by atoms with Crippen LogP contribution < -0.4 is 0 Å². The second-order valence-electron chi connectivity index (χ2n) is 2.93. The van der Waals surface area contributed by atoms with E-state index < -0.39 is 0 Å². The van der Waals surface area contributed by atoms with Crippen LogP contribution in [0.1, 0.15) is 34.1 Å². The molecule has 0 unspecified atom stereocenters. The molecule has 0 amide bonds. The molecule has 0 bridgehead atoms. The molecule has 0 saturated carbocycles. The number of carbonyl (C=O) groups excluding carboxylic acids is 1. The molecule has 10 heavy (non-hydrogen) atoms. The number of hydrogen-bond acceptors (Lipinski definition) is 1. The molecule has 0 spiro atoms. The van der Waals surface area contributed by atoms with Gasteiger partial charge in [0.05, 0.1) is 0 Å². The van der Waals surface area contributed by atoms with Gasteiger partial charge in [-0.1, -0.05) is 25.5 Å². The molecule has 0 N–H and O–H groups in total. The van der Waals surface area contributed by atoms with Gasteiger partial charge in [-0.3, -0.25) is 4.79 Å². The standard InChI is InChI=1S/C9H16O/c1-5-8(4)6-9(10)7(2)3/h5,7H,6H2,1-4H3/b8-5-. The number of Topliss-reactive ketones (excluding diaryl/α,β-unsaturated/α-hetero) is 1. The largest absolute Gasteiger partial charge is 0.299 e. The quantitative estimate of drug-likeness (QED) is 0.551. The molecule has 0 rings (SSSR count). The van der Waals surface area contributed by atoms with Gasteiger partial charge in [0, 0.05) is 12.3 Å². The van der Waals surface area contributed by atoms with Crippen LogP contribution in [0.15, 0.2) is 11.6 Å². The van der Waals surface area contributed by atoms with Crippen LogP contribution in [0, 0.1) is 5.92 Å². The Hall–Kier alpha value is -0.590. The van der Waals surface area contributed by atoms with E-state index in [0.717, 1.165) is 0 Å². The Kier molecular flexibility index (Phi) is 4.01. The highest BCUT2D eigenvalue weighted by Crippen LogP contribution is 2.05. The van der Waals surface area contributed by atoms with Crippen LogP contribution in [0.3, 0.4) is 0 Å². The van der Waals surface area contributed by atoms with E-state index in [1.807, 2.05) is 33.8 Å². The van der Waals surface area contributed by atoms with E-state index in [4.69, 9.17) is 0 Å². The lowest BCUT2D eigenvalue weighted by molar-refractivity contribution is -0.121. The monoisotopic (exact) mass is 140 g/mol. The summed E-state index contributed by atoms with van der Waals surface area (Å²) in [4.78, 5) is 11.1. The maximum Gasteiger partial charge on any atom is 0.139 e. The van der Waals surface area contributed by atoms with Crippen LogP contribution in [0.4, 0.5) is 0 Å². The molecule has 0 aromatic rings. The zero-order chi connectivity index (χ0) is 8.15. The smallest absolute Gasteiger partial charge is 0.139 e. The van der Waals surface area contributed by atoms with Gasteiger partial charge in [0.15, 0.2) is 0 Å². The summed E-state index contributed by atoms with van der Waals surface area (Å²) in [5, 5.41) is 0. The van der Waals surface area contributed by atoms with E-state index >= 15 is 0 Å². The fraction of sp³-hybridized carbons (Fsp3) is 0.667. The summed E-state index contributed by atoms with van der Waals surface area (Å²) < 4.78 is 0. The fourth-order valence-corrected chi connectivity index (χ4v) is 0.581. The molecule has 0 saturated heterocycles. The zero-order valence-electron chi connectivity index (χ0n) is 7.27. The molecule has 0 aliphatic rings. The summed E-state index contributed by atoms with van der Waals surface area (Å²) in [5.41, 5.74) is 1.17. The Morgan fingerprint density at radius 3 is 2.30 bits per heavy atom. The molecule has 58 valence electrons. The van der Waals surface area contributed by atoms with Crippen molar-refractivity contribution in [1.29, 1.82) is 0 Å². The van der Waals surface area contributed by atoms with Crippen molar-refractivity contribution in [1.82, 2.24) is 0 Å². The summed E-state index contributed by atoms with van der Waals surface area (Å²) >= 11 is 0. The first kappa shape index (κ1) is 9.41. The van der Waals surface area contributed by atoms with E-state index in [-0.39, 0.29) is 5.92 Å². The number of rotatable bonds is 3. The predicted octanol–water partition coefficient (Wildman–Crippen LogP) is 2.57. The number of carbonyl (C=O) groups is 1. The van der Waals surface area contributed by atoms with Crippen molar-refractivity contribution in [2.75, 3.05) is 0 Å². The zero-order valence-corrected chi connectivity index (χ0v) is 7.27. The molecule has 0 radical (unpaired) electrons. The van der Waals surface area contributed by atoms with Crippen molar-refractivity contribution in [2.24, 2.45) is 5.92 Å². The molecule has 0 aromatic carbocycles. The van der Waals surface area contributed by atoms with E-state index in [1.165, 1.54) is 5.57 Å². The topological polar surface area (TPSA) is 17.1 Å². The molecule has 0 fully saturated rings. The van der Waals surface area contributed by atoms with Crippen molar-refractivity contribution in [3.8, 4) is 0 Å². The van der Waals surface area contributed by atoms with Crippen LogP contribution in [0.5, 0.6) is 0 Å². The number of allylic oxidation sites excluding steroid dienone is 2. The highest BCUT2D eigenvalue weighted by molar-refractivity contribution is 5.82. The Labute approximate surface area is 63.1 Å². The second-order valence-corrected chi connectivity index (χ2v) is 2.93. The molecule has 0 aromatic heterocycles. The van der Waals surface area contributed by atoms with Gasteiger partial charge in [-0.05, 0) is 13.8 Å². The van der Waals surface area contributed by atoms with Crippen LogP contribution in [0.2, 0.25) is 0 Å². The van der Waals surface area contributed by atoms with Crippen LogP contribution in [-0.2, 0) is 4.79 Å². The van der Waals surface area contributed by atoms with Gasteiger partial charge in [0.25, 0.3) is 0 Å². The first-order chi connectivity index (χ1) is 4.57. The molecular weight excluding hydrogens is 124 g/mol. The minimum Gasteiger partial charge on any atom is -0.299 e. The lowest BCUT2D eigenvalue weighted by Gasteiger charge is -2.02. The first-order valence-corrected chi connectivity index (χ1v) is 3.72. The average molecular weight is 140 g/mol. The second kappa shape index (κ2) is 4.26. The van der Waals surface area contributed by atoms with Gasteiger partial charge in [0.2, 0.25) is 0 Å². The average Bonchev–Trinajstić information content (AvgIpc) is 1.87. The molecule has 0 heterocycles. The predicted molar refractivity (Wildman–Crippen MR) is 43.9 cm³/mol. The maximum absolute atomic E-state index is 11.1. The van der Waals surface area contributed by atoms with Gasteiger partial charge in [-0.2, -0.15) is 0 Å². The van der Waals surface area contributed by atoms with Crippen LogP contribution >= 0.6 is 0 Å². The van der Waals surface area contributed by atoms with Crippen molar-refractivity contribution < 1.29 is 4.79 Å². The SMILES string of the molecule is C/C=C(/C)CC(=O)C(C)C. The van der Waals surface area contributed by atoms with Gasteiger partial charge in [0.1, 0.15) is 5.78 Å². The number of ketones is 1. The van der Waals surface area contributed by atoms with E-state index in [0.29, 0.717) is 12.2 Å². The highest BCUT2D eigenvalue weighted by atomic mass is 16.1. The molecule has 0 aliphatic heterocycles. The van der Waals surface area contributed by atoms with Crippen molar-refractivity contribution in [2.45, 2.75) is 34.1 Å². The third-order valence-electron chi connectivity index (χ3n) is 1.59. The number of hydrogen-bond donors (Lipinski definition) is 0. The minimum atomic E-state index is 0.176. The van der Waals surface area contributed by atoms with Crippen molar-refractivity contribution in [3.05, 3.63) is 11.6 Å². The molecule has 1 nitrogen and oxygen atoms in total. The summed E-state index contributed by atoms with van der Waals surface area (Å²) in [5.74, 6) is 0.505. The van der Waals surface area contributed by atoms with E-state index in [2.05, 4.69) is 0 Å². The minimum absolute atomic E-state index is 0.176. The van der Waals surface area contributed by atoms with Gasteiger partial charge < -0.3 is 0 Å². The molecule has 1 heteroatoms. The third-order valence-corrected chi connectivity index (χ3v) is 1.59. The van der Waals surface area contributed by atoms with Crippen molar-refractivity contribution >= 4 is 5.78 Å². The summed E-state index contributed by atoms with van der Waals surface area (Å²) in [6, 6.07) is 0. The van der Waals surface area contributed by atoms with Gasteiger partial charge in [-0.25, -0.2) is 0 Å².